The molecule has 240 valence electrons. The quantitative estimate of drug-likeness (QED) is 0.267. The second kappa shape index (κ2) is 12.1. The molecular weight excluding hydrogens is 642 g/mol. The van der Waals surface area contributed by atoms with Crippen LogP contribution in [-0.4, -0.2) is 50.4 Å². The van der Waals surface area contributed by atoms with Gasteiger partial charge in [0, 0.05) is 32.7 Å². The highest BCUT2D eigenvalue weighted by Gasteiger charge is 2.59. The molecule has 2 aliphatic rings. The van der Waals surface area contributed by atoms with Crippen LogP contribution in [0.15, 0.2) is 59.1 Å². The molecule has 2 heterocycles. The van der Waals surface area contributed by atoms with Crippen LogP contribution in [0.1, 0.15) is 59.1 Å². The average Bonchev–Trinajstić information content (AvgIpc) is 3.47. The van der Waals surface area contributed by atoms with E-state index in [2.05, 4.69) is 31.5 Å². The molecule has 10 nitrogen and oxygen atoms in total. The molecule has 0 unspecified atom stereocenters. The lowest BCUT2D eigenvalue weighted by molar-refractivity contribution is 0.0624. The van der Waals surface area contributed by atoms with Crippen molar-refractivity contribution in [2.75, 3.05) is 36.4 Å². The maximum Gasteiger partial charge on any atom is 0.412 e. The maximum atomic E-state index is 12.7. The van der Waals surface area contributed by atoms with Crippen LogP contribution in [-0.2, 0) is 19.6 Å². The van der Waals surface area contributed by atoms with Gasteiger partial charge in [-0.2, -0.15) is 0 Å². The number of nitrogens with zero attached hydrogens (tertiary/aromatic N) is 1. The Bertz CT molecular complexity index is 1610. The standard InChI is InChI=1S/C34H40BrN3O7/c1-32(2,3)44-30(39)36-20-12-14-26(41-7)22(18-20)34-16-17-43-29(34)38(24-11-9-10-23(35)28(24)34)25-19-21(13-15-27(25)42-8)37-31(40)45-33(4,5)6/h9-15,18-19,29H,16-17H2,1-8H3,(H,36,39)(H,37,40)/t29-,34+/m1/s1. The molecule has 5 rings (SSSR count). The van der Waals surface area contributed by atoms with Crippen LogP contribution in [0.5, 0.6) is 11.5 Å². The Morgan fingerprint density at radius 3 is 2.00 bits per heavy atom. The van der Waals surface area contributed by atoms with Gasteiger partial charge >= 0.3 is 12.2 Å². The van der Waals surface area contributed by atoms with E-state index in [1.54, 1.807) is 32.4 Å². The molecule has 0 spiro atoms. The van der Waals surface area contributed by atoms with Crippen LogP contribution >= 0.6 is 15.9 Å². The minimum absolute atomic E-state index is 0.465. The zero-order valence-corrected chi connectivity index (χ0v) is 28.5. The Kier molecular flexibility index (Phi) is 8.72. The van der Waals surface area contributed by atoms with Crippen LogP contribution in [0.25, 0.3) is 0 Å². The molecule has 11 heteroatoms. The highest BCUT2D eigenvalue weighted by atomic mass is 79.9. The zero-order chi connectivity index (χ0) is 32.7. The van der Waals surface area contributed by atoms with Crippen LogP contribution < -0.4 is 25.0 Å². The number of methoxy groups -OCH3 is 2. The summed E-state index contributed by atoms with van der Waals surface area (Å²) >= 11 is 3.85. The van der Waals surface area contributed by atoms with Gasteiger partial charge in [0.2, 0.25) is 0 Å². The molecule has 2 aliphatic heterocycles. The van der Waals surface area contributed by atoms with Crippen molar-refractivity contribution in [3.63, 3.8) is 0 Å². The molecule has 45 heavy (non-hydrogen) atoms. The topological polar surface area (TPSA) is 108 Å². The van der Waals surface area contributed by atoms with Crippen molar-refractivity contribution < 1.29 is 33.3 Å². The Labute approximate surface area is 272 Å². The molecule has 1 saturated heterocycles. The van der Waals surface area contributed by atoms with Crippen molar-refractivity contribution in [2.24, 2.45) is 0 Å². The van der Waals surface area contributed by atoms with Gasteiger partial charge in [0.15, 0.2) is 0 Å². The fourth-order valence-corrected chi connectivity index (χ4v) is 6.72. The lowest BCUT2D eigenvalue weighted by Crippen LogP contribution is -2.41. The lowest BCUT2D eigenvalue weighted by Gasteiger charge is -2.35. The van der Waals surface area contributed by atoms with Gasteiger partial charge in [0.1, 0.15) is 28.9 Å². The summed E-state index contributed by atoms with van der Waals surface area (Å²) < 4.78 is 30.2. The smallest absolute Gasteiger partial charge is 0.412 e. The Morgan fingerprint density at radius 2 is 1.42 bits per heavy atom. The third-order valence-corrected chi connectivity index (χ3v) is 8.20. The molecule has 0 bridgehead atoms. The number of amides is 2. The first-order valence-corrected chi connectivity index (χ1v) is 15.5. The Morgan fingerprint density at radius 1 is 0.844 bits per heavy atom. The van der Waals surface area contributed by atoms with Crippen molar-refractivity contribution in [1.29, 1.82) is 0 Å². The second-order valence-corrected chi connectivity index (χ2v) is 13.9. The predicted molar refractivity (Wildman–Crippen MR) is 177 cm³/mol. The van der Waals surface area contributed by atoms with Gasteiger partial charge in [0.05, 0.1) is 31.9 Å². The van der Waals surface area contributed by atoms with Crippen molar-refractivity contribution >= 4 is 50.9 Å². The highest BCUT2D eigenvalue weighted by Crippen LogP contribution is 2.61. The van der Waals surface area contributed by atoms with Crippen LogP contribution in [0.4, 0.5) is 32.3 Å². The number of ether oxygens (including phenoxy) is 5. The van der Waals surface area contributed by atoms with Crippen LogP contribution in [0.3, 0.4) is 0 Å². The first-order valence-electron chi connectivity index (χ1n) is 14.7. The van der Waals surface area contributed by atoms with E-state index in [0.717, 1.165) is 21.3 Å². The first-order chi connectivity index (χ1) is 21.2. The largest absolute Gasteiger partial charge is 0.496 e. The average molecular weight is 683 g/mol. The first kappa shape index (κ1) is 32.4. The van der Waals surface area contributed by atoms with E-state index in [9.17, 15) is 9.59 Å². The zero-order valence-electron chi connectivity index (χ0n) is 26.9. The second-order valence-electron chi connectivity index (χ2n) is 13.0. The number of hydrogen-bond donors (Lipinski definition) is 2. The number of fused-ring (bicyclic) bond motifs is 3. The van der Waals surface area contributed by atoms with Crippen molar-refractivity contribution in [3.8, 4) is 11.5 Å². The minimum Gasteiger partial charge on any atom is -0.496 e. The Balaban J connectivity index is 1.64. The lowest BCUT2D eigenvalue weighted by atomic mass is 9.73. The predicted octanol–water partition coefficient (Wildman–Crippen LogP) is 8.34. The number of anilines is 4. The fourth-order valence-electron chi connectivity index (χ4n) is 6.01. The molecule has 3 aromatic rings. The summed E-state index contributed by atoms with van der Waals surface area (Å²) in [5.41, 5.74) is 2.53. The van der Waals surface area contributed by atoms with E-state index < -0.39 is 35.0 Å². The van der Waals surface area contributed by atoms with E-state index in [1.807, 2.05) is 77.9 Å². The number of halogens is 1. The molecule has 2 amide bonds. The molecule has 0 aromatic heterocycles. The molecule has 0 saturated carbocycles. The van der Waals surface area contributed by atoms with Crippen molar-refractivity contribution in [1.82, 2.24) is 0 Å². The van der Waals surface area contributed by atoms with Crippen molar-refractivity contribution in [2.45, 2.75) is 70.8 Å². The normalized spacial score (nSPS) is 19.0. The molecule has 2 atom stereocenters. The Hall–Kier alpha value is -3.96. The number of nitrogens with one attached hydrogen (secondary N) is 2. The summed E-state index contributed by atoms with van der Waals surface area (Å²) in [5, 5.41) is 5.72. The number of carbonyl (C=O) groups excluding carboxylic acids is 2. The third-order valence-electron chi connectivity index (χ3n) is 7.53. The summed E-state index contributed by atoms with van der Waals surface area (Å²) in [6, 6.07) is 17.0. The van der Waals surface area contributed by atoms with E-state index in [4.69, 9.17) is 23.7 Å². The maximum absolute atomic E-state index is 12.7. The summed E-state index contributed by atoms with van der Waals surface area (Å²) in [4.78, 5) is 27.5. The van der Waals surface area contributed by atoms with Gasteiger partial charge in [-0.05, 0) is 96.5 Å². The fraction of sp³-hybridized carbons (Fsp3) is 0.412. The van der Waals surface area contributed by atoms with E-state index in [1.165, 1.54) is 0 Å². The number of benzene rings is 3. The molecular formula is C34H40BrN3O7. The summed E-state index contributed by atoms with van der Waals surface area (Å²) in [6.07, 6.45) is -1.01. The molecule has 3 aromatic carbocycles. The van der Waals surface area contributed by atoms with Crippen LogP contribution in [0, 0.1) is 0 Å². The molecule has 2 N–H and O–H groups in total. The summed E-state index contributed by atoms with van der Waals surface area (Å²) in [6.45, 7) is 11.4. The number of rotatable bonds is 6. The van der Waals surface area contributed by atoms with Gasteiger partial charge in [0.25, 0.3) is 0 Å². The van der Waals surface area contributed by atoms with Gasteiger partial charge in [-0.25, -0.2) is 9.59 Å². The minimum atomic E-state index is -0.716. The monoisotopic (exact) mass is 681 g/mol. The van der Waals surface area contributed by atoms with Gasteiger partial charge in [-0.1, -0.05) is 22.0 Å². The number of carbonyl (C=O) groups is 2. The molecule has 1 fully saturated rings. The highest BCUT2D eigenvalue weighted by molar-refractivity contribution is 9.10. The van der Waals surface area contributed by atoms with E-state index in [-0.39, 0.29) is 0 Å². The molecule has 0 aliphatic carbocycles. The summed E-state index contributed by atoms with van der Waals surface area (Å²) in [7, 11) is 3.24. The van der Waals surface area contributed by atoms with Gasteiger partial charge in [-0.3, -0.25) is 10.6 Å². The van der Waals surface area contributed by atoms with Crippen molar-refractivity contribution in [3.05, 3.63) is 70.2 Å². The number of hydrogen-bond acceptors (Lipinski definition) is 8. The van der Waals surface area contributed by atoms with E-state index >= 15 is 0 Å². The van der Waals surface area contributed by atoms with E-state index in [0.29, 0.717) is 41.6 Å². The summed E-state index contributed by atoms with van der Waals surface area (Å²) in [5.74, 6) is 1.24. The van der Waals surface area contributed by atoms with Gasteiger partial charge < -0.3 is 28.6 Å². The molecule has 0 radical (unpaired) electrons. The van der Waals surface area contributed by atoms with Gasteiger partial charge in [-0.15, -0.1) is 0 Å². The SMILES string of the molecule is COc1ccc(NC(=O)OC(C)(C)C)cc1N1c2cccc(Br)c2[C@@]2(c3cc(NC(=O)OC(C)(C)C)ccc3OC)CCO[C@@H]12. The third kappa shape index (κ3) is 6.41. The van der Waals surface area contributed by atoms with Crippen LogP contribution in [0.2, 0.25) is 0 Å².